The van der Waals surface area contributed by atoms with Crippen LogP contribution in [0.15, 0.2) is 79.5 Å². The first-order valence-corrected chi connectivity index (χ1v) is 14.9. The number of aromatic amines is 1. The number of imidazole rings is 1. The van der Waals surface area contributed by atoms with Crippen molar-refractivity contribution in [2.75, 3.05) is 32.8 Å². The number of amides is 4. The van der Waals surface area contributed by atoms with Crippen LogP contribution in [0.25, 0.3) is 0 Å². The average molecular weight is 613 g/mol. The van der Waals surface area contributed by atoms with Crippen molar-refractivity contribution in [1.82, 2.24) is 40.6 Å². The SMILES string of the molecule is O=C1CN(C(=O)c2cnn(Cc3ccccc3)c2)CCCCNC(=O)[C@H](Cc2cnc[nH]2)NC(=O)c2cccc(c2)OCCN1. The van der Waals surface area contributed by atoms with Gasteiger partial charge in [0.05, 0.1) is 37.7 Å². The predicted molar refractivity (Wildman–Crippen MR) is 164 cm³/mol. The standard InChI is InChI=1S/C32H36N8O5/c41-29-21-39(32(44)25-17-37-40(20-25)19-23-7-2-1-3-8-23)13-5-4-11-35-31(43)28(16-26-18-33-22-36-26)38-30(42)24-9-6-10-27(15-24)45-14-12-34-29/h1-3,6-10,15,17-18,20,22,28H,4-5,11-14,16,19,21H2,(H,33,36)(H,34,41)(H,35,43)(H,38,42)/t28-/m0/s1. The second-order valence-electron chi connectivity index (χ2n) is 10.7. The molecular weight excluding hydrogens is 576 g/mol. The molecule has 2 bridgehead atoms. The van der Waals surface area contributed by atoms with Gasteiger partial charge in [0.15, 0.2) is 0 Å². The van der Waals surface area contributed by atoms with E-state index in [1.54, 1.807) is 41.3 Å². The maximum Gasteiger partial charge on any atom is 0.257 e. The molecule has 4 amide bonds. The smallest absolute Gasteiger partial charge is 0.257 e. The van der Waals surface area contributed by atoms with Crippen LogP contribution in [0.3, 0.4) is 0 Å². The average Bonchev–Trinajstić information content (AvgIpc) is 3.74. The van der Waals surface area contributed by atoms with Crippen molar-refractivity contribution >= 4 is 23.6 Å². The number of fused-ring (bicyclic) bond motifs is 2. The number of nitrogens with zero attached hydrogens (tertiary/aromatic N) is 4. The van der Waals surface area contributed by atoms with Crippen molar-refractivity contribution in [2.24, 2.45) is 0 Å². The Morgan fingerprint density at radius 3 is 2.67 bits per heavy atom. The minimum absolute atomic E-state index is 0.144. The molecule has 4 aromatic rings. The highest BCUT2D eigenvalue weighted by atomic mass is 16.5. The van der Waals surface area contributed by atoms with Crippen molar-refractivity contribution in [1.29, 1.82) is 0 Å². The van der Waals surface area contributed by atoms with E-state index in [4.69, 9.17) is 4.74 Å². The highest BCUT2D eigenvalue weighted by Crippen LogP contribution is 2.14. The van der Waals surface area contributed by atoms with E-state index in [9.17, 15) is 19.2 Å². The lowest BCUT2D eigenvalue weighted by atomic mass is 10.1. The minimum Gasteiger partial charge on any atom is -0.492 e. The minimum atomic E-state index is -0.850. The number of H-pyrrole nitrogens is 1. The Morgan fingerprint density at radius 2 is 1.84 bits per heavy atom. The lowest BCUT2D eigenvalue weighted by Gasteiger charge is -2.22. The van der Waals surface area contributed by atoms with Gasteiger partial charge in [-0.15, -0.1) is 0 Å². The third kappa shape index (κ3) is 9.02. The summed E-state index contributed by atoms with van der Waals surface area (Å²) in [5.41, 5.74) is 2.46. The summed E-state index contributed by atoms with van der Waals surface area (Å²) in [4.78, 5) is 61.1. The van der Waals surface area contributed by atoms with Crippen LogP contribution in [0, 0.1) is 0 Å². The predicted octanol–water partition coefficient (Wildman–Crippen LogP) is 1.54. The number of carbonyl (C=O) groups is 4. The van der Waals surface area contributed by atoms with Crippen molar-refractivity contribution in [3.05, 3.63) is 102 Å². The zero-order chi connectivity index (χ0) is 31.4. The fourth-order valence-corrected chi connectivity index (χ4v) is 4.91. The van der Waals surface area contributed by atoms with Crippen LogP contribution in [0.2, 0.25) is 0 Å². The summed E-state index contributed by atoms with van der Waals surface area (Å²) >= 11 is 0. The second-order valence-corrected chi connectivity index (χ2v) is 10.7. The molecule has 4 N–H and O–H groups in total. The Morgan fingerprint density at radius 1 is 0.978 bits per heavy atom. The lowest BCUT2D eigenvalue weighted by molar-refractivity contribution is -0.123. The van der Waals surface area contributed by atoms with Gasteiger partial charge in [-0.25, -0.2) is 4.98 Å². The van der Waals surface area contributed by atoms with Crippen LogP contribution < -0.4 is 20.7 Å². The van der Waals surface area contributed by atoms with E-state index in [1.807, 2.05) is 30.3 Å². The molecule has 234 valence electrons. The van der Waals surface area contributed by atoms with Crippen molar-refractivity contribution in [3.63, 3.8) is 0 Å². The topological polar surface area (TPSA) is 163 Å². The number of ether oxygens (including phenoxy) is 1. The zero-order valence-corrected chi connectivity index (χ0v) is 24.8. The highest BCUT2D eigenvalue weighted by molar-refractivity contribution is 5.98. The van der Waals surface area contributed by atoms with Gasteiger partial charge in [0, 0.05) is 43.2 Å². The van der Waals surface area contributed by atoms with E-state index in [2.05, 4.69) is 31.0 Å². The van der Waals surface area contributed by atoms with Crippen LogP contribution in [0.1, 0.15) is 44.8 Å². The third-order valence-corrected chi connectivity index (χ3v) is 7.23. The van der Waals surface area contributed by atoms with Gasteiger partial charge >= 0.3 is 0 Å². The first-order valence-electron chi connectivity index (χ1n) is 14.9. The lowest BCUT2D eigenvalue weighted by Crippen LogP contribution is -2.48. The summed E-state index contributed by atoms with van der Waals surface area (Å²) in [7, 11) is 0. The Kier molecular flexibility index (Phi) is 10.5. The molecule has 0 saturated heterocycles. The third-order valence-electron chi connectivity index (χ3n) is 7.23. The summed E-state index contributed by atoms with van der Waals surface area (Å²) in [6.07, 6.45) is 7.61. The van der Waals surface area contributed by atoms with Gasteiger partial charge in [0.2, 0.25) is 11.8 Å². The van der Waals surface area contributed by atoms with Crippen molar-refractivity contribution in [2.45, 2.75) is 31.8 Å². The number of hydrogen-bond donors (Lipinski definition) is 4. The number of benzene rings is 2. The first-order chi connectivity index (χ1) is 21.9. The number of aromatic nitrogens is 4. The molecule has 1 aliphatic rings. The maximum atomic E-state index is 13.5. The largest absolute Gasteiger partial charge is 0.492 e. The summed E-state index contributed by atoms with van der Waals surface area (Å²) in [5, 5.41) is 12.8. The number of carbonyl (C=O) groups excluding carboxylic acids is 4. The summed E-state index contributed by atoms with van der Waals surface area (Å²) in [6.45, 7) is 1.34. The summed E-state index contributed by atoms with van der Waals surface area (Å²) in [6, 6.07) is 15.5. The molecule has 1 atom stereocenters. The molecule has 0 aliphatic carbocycles. The Balaban J connectivity index is 1.27. The van der Waals surface area contributed by atoms with Crippen LogP contribution in [0.4, 0.5) is 0 Å². The van der Waals surface area contributed by atoms with Crippen LogP contribution in [-0.4, -0.2) is 87.1 Å². The molecule has 2 aromatic carbocycles. The monoisotopic (exact) mass is 612 g/mol. The Hall–Kier alpha value is -5.46. The van der Waals surface area contributed by atoms with E-state index >= 15 is 0 Å². The maximum absolute atomic E-state index is 13.5. The van der Waals surface area contributed by atoms with Crippen LogP contribution in [0.5, 0.6) is 5.75 Å². The number of hydrogen-bond acceptors (Lipinski definition) is 7. The van der Waals surface area contributed by atoms with Gasteiger partial charge < -0.3 is 30.6 Å². The van der Waals surface area contributed by atoms with E-state index in [0.29, 0.717) is 55.0 Å². The summed E-state index contributed by atoms with van der Waals surface area (Å²) < 4.78 is 7.45. The molecule has 5 rings (SSSR count). The fraction of sp³-hybridized carbons (Fsp3) is 0.312. The molecule has 13 nitrogen and oxygen atoms in total. The number of rotatable bonds is 5. The quantitative estimate of drug-likeness (QED) is 0.266. The van der Waals surface area contributed by atoms with E-state index in [-0.39, 0.29) is 43.8 Å². The molecule has 3 heterocycles. The van der Waals surface area contributed by atoms with Crippen LogP contribution in [-0.2, 0) is 22.6 Å². The van der Waals surface area contributed by atoms with Crippen molar-refractivity contribution < 1.29 is 23.9 Å². The summed E-state index contributed by atoms with van der Waals surface area (Å²) in [5.74, 6) is -0.970. The highest BCUT2D eigenvalue weighted by Gasteiger charge is 2.24. The van der Waals surface area contributed by atoms with Gasteiger partial charge in [-0.1, -0.05) is 36.4 Å². The molecule has 1 aliphatic heterocycles. The number of nitrogens with one attached hydrogen (secondary N) is 4. The zero-order valence-electron chi connectivity index (χ0n) is 24.8. The molecule has 2 aromatic heterocycles. The molecule has 0 radical (unpaired) electrons. The normalized spacial score (nSPS) is 17.1. The van der Waals surface area contributed by atoms with Crippen molar-refractivity contribution in [3.8, 4) is 5.75 Å². The van der Waals surface area contributed by atoms with E-state index in [1.165, 1.54) is 17.4 Å². The second kappa shape index (κ2) is 15.3. The molecule has 0 spiro atoms. The Bertz CT molecular complexity index is 1590. The Labute approximate surface area is 260 Å². The van der Waals surface area contributed by atoms with Crippen LogP contribution >= 0.6 is 0 Å². The fourth-order valence-electron chi connectivity index (χ4n) is 4.91. The van der Waals surface area contributed by atoms with Gasteiger partial charge in [-0.05, 0) is 36.6 Å². The van der Waals surface area contributed by atoms with Gasteiger partial charge in [-0.3, -0.25) is 23.9 Å². The molecule has 13 heteroatoms. The van der Waals surface area contributed by atoms with Gasteiger partial charge in [0.1, 0.15) is 18.4 Å². The molecule has 0 fully saturated rings. The molecule has 0 unspecified atom stereocenters. The molecule has 0 saturated carbocycles. The van der Waals surface area contributed by atoms with E-state index < -0.39 is 11.9 Å². The molecule has 45 heavy (non-hydrogen) atoms. The first kappa shape index (κ1) is 31.0. The van der Waals surface area contributed by atoms with E-state index in [0.717, 1.165) is 5.56 Å². The molecular formula is C32H36N8O5. The van der Waals surface area contributed by atoms with Gasteiger partial charge in [-0.2, -0.15) is 5.10 Å². The van der Waals surface area contributed by atoms with Gasteiger partial charge in [0.25, 0.3) is 11.8 Å².